The number of methoxy groups -OCH3 is 2. The number of hydrogen-bond acceptors (Lipinski definition) is 10. The standard InChI is InChI=1S/C47H50N6O8/c1-50-25-35(31-20-36(27-4-5-27)48-21-34(31)43(50)56)28-18-38(60-2)41(39(19-28)61-3)46(59)52-14-12-47(13-15-52)10-8-26(9-11-47)22-51-23-29-16-32-33(17-30(29)24-51)45(58)53(44(32)57)37-6-7-40(54)49-42(37)55/h16-21,25-27,37H,4-15,22-24H2,1-3H3,(H,49,54,55). The molecule has 2 saturated carbocycles. The number of amides is 5. The number of pyridine rings is 2. The van der Waals surface area contributed by atoms with E-state index in [-0.39, 0.29) is 35.6 Å². The number of hydrogen-bond donors (Lipinski definition) is 1. The SMILES string of the molecule is COc1cc(-c2cn(C)c(=O)c3cnc(C4CC4)cc23)cc(OC)c1C(=O)N1CCC2(CCC(CN3Cc4cc5c(cc4C3)C(=O)N(C3CCC(=O)NC3=O)C5=O)CC2)CC1. The molecule has 1 atom stereocenters. The van der Waals surface area contributed by atoms with Crippen LogP contribution in [0.3, 0.4) is 0 Å². The van der Waals surface area contributed by atoms with Crippen LogP contribution in [0.2, 0.25) is 0 Å². The third-order valence-electron chi connectivity index (χ3n) is 14.5. The number of piperidine rings is 2. The molecule has 2 aromatic heterocycles. The fourth-order valence-electron chi connectivity index (χ4n) is 10.7. The van der Waals surface area contributed by atoms with Gasteiger partial charge in [0.1, 0.15) is 23.1 Å². The lowest BCUT2D eigenvalue weighted by Crippen LogP contribution is -2.54. The minimum atomic E-state index is -0.969. The molecule has 4 aromatic rings. The molecule has 6 heterocycles. The number of carbonyl (C=O) groups is 5. The van der Waals surface area contributed by atoms with Gasteiger partial charge >= 0.3 is 0 Å². The van der Waals surface area contributed by atoms with Gasteiger partial charge in [0.05, 0.1) is 30.7 Å². The number of nitrogens with one attached hydrogen (secondary N) is 1. The van der Waals surface area contributed by atoms with Crippen molar-refractivity contribution in [1.29, 1.82) is 0 Å². The second-order valence-electron chi connectivity index (χ2n) is 18.2. The van der Waals surface area contributed by atoms with Gasteiger partial charge in [-0.05, 0) is 122 Å². The van der Waals surface area contributed by atoms with Crippen molar-refractivity contribution in [3.63, 3.8) is 0 Å². The topological polar surface area (TPSA) is 160 Å². The Morgan fingerprint density at radius 3 is 2.03 bits per heavy atom. The maximum Gasteiger partial charge on any atom is 0.262 e. The van der Waals surface area contributed by atoms with Crippen LogP contribution < -0.4 is 20.3 Å². The van der Waals surface area contributed by atoms with Gasteiger partial charge in [-0.2, -0.15) is 0 Å². The third kappa shape index (κ3) is 6.79. The van der Waals surface area contributed by atoms with Gasteiger partial charge < -0.3 is 18.9 Å². The molecule has 4 aliphatic heterocycles. The zero-order valence-electron chi connectivity index (χ0n) is 34.9. The Bertz CT molecular complexity index is 2540. The lowest BCUT2D eigenvalue weighted by molar-refractivity contribution is -0.136. The van der Waals surface area contributed by atoms with E-state index in [0.717, 1.165) is 96.1 Å². The minimum absolute atomic E-state index is 0.0934. The van der Waals surface area contributed by atoms with Crippen LogP contribution >= 0.6 is 0 Å². The van der Waals surface area contributed by atoms with Crippen molar-refractivity contribution < 1.29 is 33.4 Å². The van der Waals surface area contributed by atoms with Gasteiger partial charge in [0, 0.05) is 75.8 Å². The summed E-state index contributed by atoms with van der Waals surface area (Å²) < 4.78 is 13.4. The number of carbonyl (C=O) groups excluding carboxylic acids is 5. The molecule has 6 aliphatic rings. The molecule has 2 saturated heterocycles. The summed E-state index contributed by atoms with van der Waals surface area (Å²) in [7, 11) is 4.87. The molecule has 5 amide bonds. The average Bonchev–Trinajstić information content (AvgIpc) is 4.00. The first-order valence-electron chi connectivity index (χ1n) is 21.6. The summed E-state index contributed by atoms with van der Waals surface area (Å²) in [6.07, 6.45) is 12.3. The van der Waals surface area contributed by atoms with Gasteiger partial charge in [-0.3, -0.25) is 48.9 Å². The zero-order valence-corrected chi connectivity index (χ0v) is 34.9. The average molecular weight is 827 g/mol. The van der Waals surface area contributed by atoms with Gasteiger partial charge in [0.25, 0.3) is 23.3 Å². The van der Waals surface area contributed by atoms with Crippen molar-refractivity contribution in [1.82, 2.24) is 29.6 Å². The summed E-state index contributed by atoms with van der Waals surface area (Å²) in [4.78, 5) is 88.3. The summed E-state index contributed by atoms with van der Waals surface area (Å²) in [6, 6.07) is 8.48. The molecular weight excluding hydrogens is 777 g/mol. The van der Waals surface area contributed by atoms with E-state index < -0.39 is 23.8 Å². The van der Waals surface area contributed by atoms with Crippen LogP contribution in [0.15, 0.2) is 47.5 Å². The second-order valence-corrected chi connectivity index (χ2v) is 18.2. The largest absolute Gasteiger partial charge is 0.496 e. The fraction of sp³-hybridized carbons (Fsp3) is 0.468. The van der Waals surface area contributed by atoms with E-state index in [1.165, 1.54) is 0 Å². The van der Waals surface area contributed by atoms with E-state index >= 15 is 0 Å². The first-order valence-corrected chi connectivity index (χ1v) is 21.6. The number of fused-ring (bicyclic) bond motifs is 3. The Morgan fingerprint density at radius 1 is 0.803 bits per heavy atom. The van der Waals surface area contributed by atoms with E-state index in [2.05, 4.69) is 15.2 Å². The maximum atomic E-state index is 14.3. The first-order chi connectivity index (χ1) is 29.4. The normalized spacial score (nSPS) is 21.6. The quantitative estimate of drug-likeness (QED) is 0.230. The Balaban J connectivity index is 0.773. The van der Waals surface area contributed by atoms with E-state index in [4.69, 9.17) is 9.47 Å². The molecule has 0 radical (unpaired) electrons. The summed E-state index contributed by atoms with van der Waals surface area (Å²) in [5, 5.41) is 3.63. The van der Waals surface area contributed by atoms with Crippen LogP contribution in [-0.4, -0.2) is 93.7 Å². The van der Waals surface area contributed by atoms with E-state index in [9.17, 15) is 28.8 Å². The van der Waals surface area contributed by atoms with Crippen LogP contribution in [0.5, 0.6) is 11.5 Å². The number of rotatable bonds is 8. The molecule has 14 heteroatoms. The molecule has 10 rings (SSSR count). The molecule has 61 heavy (non-hydrogen) atoms. The molecule has 1 spiro atoms. The van der Waals surface area contributed by atoms with Crippen LogP contribution in [0.25, 0.3) is 21.9 Å². The highest BCUT2D eigenvalue weighted by Crippen LogP contribution is 2.48. The smallest absolute Gasteiger partial charge is 0.262 e. The Labute approximate surface area is 353 Å². The second kappa shape index (κ2) is 14.9. The summed E-state index contributed by atoms with van der Waals surface area (Å²) in [5.41, 5.74) is 5.87. The fourth-order valence-corrected chi connectivity index (χ4v) is 10.7. The Morgan fingerprint density at radius 2 is 1.44 bits per heavy atom. The first kappa shape index (κ1) is 39.3. The summed E-state index contributed by atoms with van der Waals surface area (Å²) in [5.74, 6) is -0.220. The molecule has 14 nitrogen and oxygen atoms in total. The van der Waals surface area contributed by atoms with E-state index in [1.54, 1.807) is 32.0 Å². The number of benzene rings is 2. The van der Waals surface area contributed by atoms with Crippen LogP contribution in [0.4, 0.5) is 0 Å². The van der Waals surface area contributed by atoms with Crippen molar-refractivity contribution >= 4 is 40.3 Å². The van der Waals surface area contributed by atoms with E-state index in [0.29, 0.717) is 71.6 Å². The monoisotopic (exact) mass is 826 g/mol. The van der Waals surface area contributed by atoms with Crippen molar-refractivity contribution in [3.05, 3.63) is 86.6 Å². The highest BCUT2D eigenvalue weighted by Gasteiger charge is 2.46. The number of nitrogens with zero attached hydrogens (tertiary/aromatic N) is 5. The molecule has 1 unspecified atom stereocenters. The zero-order chi connectivity index (χ0) is 42.3. The van der Waals surface area contributed by atoms with Crippen molar-refractivity contribution in [2.45, 2.75) is 89.3 Å². The summed E-state index contributed by atoms with van der Waals surface area (Å²) in [6.45, 7) is 3.66. The van der Waals surface area contributed by atoms with Gasteiger partial charge in [-0.25, -0.2) is 0 Å². The van der Waals surface area contributed by atoms with Crippen LogP contribution in [-0.2, 0) is 29.7 Å². The molecular formula is C47H50N6O8. The molecule has 4 fully saturated rings. The number of ether oxygens (including phenoxy) is 2. The van der Waals surface area contributed by atoms with Gasteiger partial charge in [0.2, 0.25) is 11.8 Å². The number of aromatic nitrogens is 2. The Hall–Kier alpha value is -5.89. The van der Waals surface area contributed by atoms with Gasteiger partial charge in [0.15, 0.2) is 0 Å². The predicted octanol–water partition coefficient (Wildman–Crippen LogP) is 5.32. The van der Waals surface area contributed by atoms with Crippen molar-refractivity contribution in [2.75, 3.05) is 33.9 Å². The molecule has 1 N–H and O–H groups in total. The van der Waals surface area contributed by atoms with E-state index in [1.807, 2.05) is 41.4 Å². The molecule has 2 aliphatic carbocycles. The van der Waals surface area contributed by atoms with Crippen molar-refractivity contribution in [3.8, 4) is 22.6 Å². The number of aryl methyl sites for hydroxylation is 1. The van der Waals surface area contributed by atoms with Gasteiger partial charge in [-0.15, -0.1) is 0 Å². The van der Waals surface area contributed by atoms with Crippen LogP contribution in [0, 0.1) is 11.3 Å². The lowest BCUT2D eigenvalue weighted by Gasteiger charge is -2.46. The highest BCUT2D eigenvalue weighted by molar-refractivity contribution is 6.23. The number of imide groups is 2. The highest BCUT2D eigenvalue weighted by atomic mass is 16.5. The maximum absolute atomic E-state index is 14.3. The van der Waals surface area contributed by atoms with Gasteiger partial charge in [-0.1, -0.05) is 0 Å². The Kier molecular flexibility index (Phi) is 9.61. The van der Waals surface area contributed by atoms with Crippen molar-refractivity contribution in [2.24, 2.45) is 18.4 Å². The van der Waals surface area contributed by atoms with Crippen LogP contribution in [0.1, 0.15) is 118 Å². The third-order valence-corrected chi connectivity index (χ3v) is 14.5. The minimum Gasteiger partial charge on any atom is -0.496 e. The number of likely N-dealkylation sites (tertiary alicyclic amines) is 1. The molecule has 2 aromatic carbocycles. The lowest BCUT2D eigenvalue weighted by atomic mass is 9.65. The molecule has 316 valence electrons. The predicted molar refractivity (Wildman–Crippen MR) is 224 cm³/mol. The summed E-state index contributed by atoms with van der Waals surface area (Å²) >= 11 is 0. The molecule has 0 bridgehead atoms.